The summed E-state index contributed by atoms with van der Waals surface area (Å²) >= 11 is 0. The number of amides is 1. The monoisotopic (exact) mass is 222 g/mol. The lowest BCUT2D eigenvalue weighted by Crippen LogP contribution is -2.37. The Labute approximate surface area is 95.7 Å². The van der Waals surface area contributed by atoms with E-state index >= 15 is 0 Å². The van der Waals surface area contributed by atoms with E-state index in [2.05, 4.69) is 0 Å². The number of aromatic hydroxyl groups is 1. The maximum Gasteiger partial charge on any atom is 0.239 e. The highest BCUT2D eigenvalue weighted by Crippen LogP contribution is 2.22. The third kappa shape index (κ3) is 2.73. The smallest absolute Gasteiger partial charge is 0.239 e. The van der Waals surface area contributed by atoms with E-state index in [1.807, 2.05) is 18.7 Å². The minimum Gasteiger partial charge on any atom is -0.508 e. The Morgan fingerprint density at radius 2 is 1.81 bits per heavy atom. The fourth-order valence-corrected chi connectivity index (χ4v) is 1.80. The number of hydrogen-bond acceptors (Lipinski definition) is 3. The molecule has 0 radical (unpaired) electrons. The summed E-state index contributed by atoms with van der Waals surface area (Å²) in [6, 6.07) is 6.16. The minimum absolute atomic E-state index is 0.187. The molecule has 0 aromatic heterocycles. The number of primary amides is 1. The summed E-state index contributed by atoms with van der Waals surface area (Å²) in [5.74, 6) is -0.180. The van der Waals surface area contributed by atoms with Crippen molar-refractivity contribution in [2.45, 2.75) is 19.9 Å². The summed E-state index contributed by atoms with van der Waals surface area (Å²) in [7, 11) is 0. The maximum absolute atomic E-state index is 11.5. The Bertz CT molecular complexity index is 345. The van der Waals surface area contributed by atoms with Crippen LogP contribution in [-0.2, 0) is 4.79 Å². The molecule has 0 saturated heterocycles. The second kappa shape index (κ2) is 5.51. The molecule has 16 heavy (non-hydrogen) atoms. The van der Waals surface area contributed by atoms with Gasteiger partial charge in [-0.15, -0.1) is 0 Å². The highest BCUT2D eigenvalue weighted by atomic mass is 16.3. The summed E-state index contributed by atoms with van der Waals surface area (Å²) in [6.07, 6.45) is 0. The highest BCUT2D eigenvalue weighted by Gasteiger charge is 2.23. The van der Waals surface area contributed by atoms with Crippen molar-refractivity contribution in [2.24, 2.45) is 5.73 Å². The van der Waals surface area contributed by atoms with E-state index in [-0.39, 0.29) is 11.7 Å². The predicted molar refractivity (Wildman–Crippen MR) is 63.0 cm³/mol. The molecule has 0 fully saturated rings. The molecular weight excluding hydrogens is 204 g/mol. The Kier molecular flexibility index (Phi) is 4.31. The molecule has 1 atom stereocenters. The van der Waals surface area contributed by atoms with Crippen LogP contribution in [0.3, 0.4) is 0 Å². The molecule has 1 amide bonds. The van der Waals surface area contributed by atoms with Crippen LogP contribution >= 0.6 is 0 Å². The van der Waals surface area contributed by atoms with Gasteiger partial charge in [0.15, 0.2) is 0 Å². The molecule has 4 nitrogen and oxygen atoms in total. The topological polar surface area (TPSA) is 66.6 Å². The number of benzene rings is 1. The summed E-state index contributed by atoms with van der Waals surface area (Å²) in [5.41, 5.74) is 6.23. The molecular formula is C12H18N2O2. The molecule has 0 aliphatic heterocycles. The molecule has 1 aromatic carbocycles. The van der Waals surface area contributed by atoms with E-state index in [4.69, 9.17) is 5.73 Å². The number of hydrogen-bond donors (Lipinski definition) is 2. The second-order valence-corrected chi connectivity index (χ2v) is 3.62. The molecule has 1 rings (SSSR count). The average molecular weight is 222 g/mol. The van der Waals surface area contributed by atoms with E-state index in [0.29, 0.717) is 0 Å². The molecule has 0 aliphatic rings. The predicted octanol–water partition coefficient (Wildman–Crippen LogP) is 1.26. The van der Waals surface area contributed by atoms with Gasteiger partial charge < -0.3 is 10.8 Å². The van der Waals surface area contributed by atoms with Gasteiger partial charge in [0.25, 0.3) is 0 Å². The van der Waals surface area contributed by atoms with Gasteiger partial charge >= 0.3 is 0 Å². The molecule has 0 heterocycles. The summed E-state index contributed by atoms with van der Waals surface area (Å²) < 4.78 is 0. The van der Waals surface area contributed by atoms with E-state index in [9.17, 15) is 9.90 Å². The van der Waals surface area contributed by atoms with Crippen molar-refractivity contribution in [3.05, 3.63) is 29.8 Å². The first-order valence-corrected chi connectivity index (χ1v) is 5.42. The highest BCUT2D eigenvalue weighted by molar-refractivity contribution is 5.81. The van der Waals surface area contributed by atoms with Crippen molar-refractivity contribution in [3.63, 3.8) is 0 Å². The van der Waals surface area contributed by atoms with Gasteiger partial charge in [-0.3, -0.25) is 9.69 Å². The van der Waals surface area contributed by atoms with Crippen LogP contribution < -0.4 is 5.73 Å². The molecule has 0 saturated carbocycles. The first kappa shape index (κ1) is 12.5. The van der Waals surface area contributed by atoms with Crippen molar-refractivity contribution in [1.29, 1.82) is 0 Å². The minimum atomic E-state index is -0.421. The van der Waals surface area contributed by atoms with Gasteiger partial charge in [0.1, 0.15) is 11.8 Å². The SMILES string of the molecule is CCN(CC)C(C(N)=O)c1ccc(O)cc1. The summed E-state index contributed by atoms with van der Waals surface area (Å²) in [5, 5.41) is 9.20. The lowest BCUT2D eigenvalue weighted by atomic mass is 10.0. The Hall–Kier alpha value is -1.55. The standard InChI is InChI=1S/C12H18N2O2/c1-3-14(4-2)11(12(13)16)9-5-7-10(15)8-6-9/h5-8,11,15H,3-4H2,1-2H3,(H2,13,16). The van der Waals surface area contributed by atoms with E-state index in [1.54, 1.807) is 24.3 Å². The van der Waals surface area contributed by atoms with Crippen LogP contribution in [0, 0.1) is 0 Å². The number of phenols is 1. The second-order valence-electron chi connectivity index (χ2n) is 3.62. The lowest BCUT2D eigenvalue weighted by Gasteiger charge is -2.27. The van der Waals surface area contributed by atoms with Crippen molar-refractivity contribution in [2.75, 3.05) is 13.1 Å². The van der Waals surface area contributed by atoms with Gasteiger partial charge in [-0.2, -0.15) is 0 Å². The van der Waals surface area contributed by atoms with Crippen LogP contribution in [-0.4, -0.2) is 29.0 Å². The van der Waals surface area contributed by atoms with E-state index in [0.717, 1.165) is 18.7 Å². The van der Waals surface area contributed by atoms with Crippen molar-refractivity contribution in [3.8, 4) is 5.75 Å². The van der Waals surface area contributed by atoms with Gasteiger partial charge in [-0.05, 0) is 30.8 Å². The number of likely N-dealkylation sites (N-methyl/N-ethyl adjacent to an activating group) is 1. The molecule has 4 heteroatoms. The fourth-order valence-electron chi connectivity index (χ4n) is 1.80. The van der Waals surface area contributed by atoms with Gasteiger partial charge in [0, 0.05) is 0 Å². The first-order chi connectivity index (χ1) is 7.60. The number of carbonyl (C=O) groups is 1. The number of nitrogens with two attached hydrogens (primary N) is 1. The third-order valence-corrected chi connectivity index (χ3v) is 2.66. The van der Waals surface area contributed by atoms with Gasteiger partial charge in [-0.1, -0.05) is 26.0 Å². The van der Waals surface area contributed by atoms with Gasteiger partial charge in [0.2, 0.25) is 5.91 Å². The van der Waals surface area contributed by atoms with Gasteiger partial charge in [0.05, 0.1) is 0 Å². The zero-order valence-corrected chi connectivity index (χ0v) is 9.68. The van der Waals surface area contributed by atoms with Crippen molar-refractivity contribution < 1.29 is 9.90 Å². The zero-order valence-electron chi connectivity index (χ0n) is 9.68. The van der Waals surface area contributed by atoms with Crippen LogP contribution in [0.2, 0.25) is 0 Å². The number of carbonyl (C=O) groups excluding carboxylic acids is 1. The summed E-state index contributed by atoms with van der Waals surface area (Å²) in [4.78, 5) is 13.4. The Balaban J connectivity index is 3.02. The molecule has 1 aromatic rings. The number of phenolic OH excluding ortho intramolecular Hbond substituents is 1. The molecule has 3 N–H and O–H groups in total. The van der Waals surface area contributed by atoms with Crippen molar-refractivity contribution >= 4 is 5.91 Å². The average Bonchev–Trinajstić information content (AvgIpc) is 2.27. The Morgan fingerprint density at radius 1 is 1.31 bits per heavy atom. The Morgan fingerprint density at radius 3 is 2.19 bits per heavy atom. The molecule has 0 bridgehead atoms. The molecule has 0 aliphatic carbocycles. The van der Waals surface area contributed by atoms with Crippen LogP contribution in [0.1, 0.15) is 25.5 Å². The summed E-state index contributed by atoms with van der Waals surface area (Å²) in [6.45, 7) is 5.48. The zero-order chi connectivity index (χ0) is 12.1. The van der Waals surface area contributed by atoms with Crippen LogP contribution in [0.4, 0.5) is 0 Å². The maximum atomic E-state index is 11.5. The molecule has 0 spiro atoms. The van der Waals surface area contributed by atoms with Crippen LogP contribution in [0.5, 0.6) is 5.75 Å². The number of rotatable bonds is 5. The quantitative estimate of drug-likeness (QED) is 0.788. The normalized spacial score (nSPS) is 12.7. The van der Waals surface area contributed by atoms with E-state index in [1.165, 1.54) is 0 Å². The third-order valence-electron chi connectivity index (χ3n) is 2.66. The van der Waals surface area contributed by atoms with Crippen LogP contribution in [0.25, 0.3) is 0 Å². The molecule has 88 valence electrons. The van der Waals surface area contributed by atoms with E-state index < -0.39 is 6.04 Å². The molecule has 1 unspecified atom stereocenters. The van der Waals surface area contributed by atoms with Crippen molar-refractivity contribution in [1.82, 2.24) is 4.90 Å². The number of nitrogens with zero attached hydrogens (tertiary/aromatic N) is 1. The fraction of sp³-hybridized carbons (Fsp3) is 0.417. The van der Waals surface area contributed by atoms with Crippen LogP contribution in [0.15, 0.2) is 24.3 Å². The first-order valence-electron chi connectivity index (χ1n) is 5.42. The lowest BCUT2D eigenvalue weighted by molar-refractivity contribution is -0.123. The van der Waals surface area contributed by atoms with Gasteiger partial charge in [-0.25, -0.2) is 0 Å². The largest absolute Gasteiger partial charge is 0.508 e.